The molecule has 0 aliphatic heterocycles. The SMILES string of the molecule is COc1ccc(NC(=O)/C=C/c2nc3ccccc3s2)cc1NC(=O)OC(C)(C)C. The van der Waals surface area contributed by atoms with Gasteiger partial charge in [0.05, 0.1) is 23.0 Å². The predicted molar refractivity (Wildman–Crippen MR) is 120 cm³/mol. The summed E-state index contributed by atoms with van der Waals surface area (Å²) in [5, 5.41) is 6.15. The molecule has 1 heterocycles. The molecule has 3 aromatic rings. The number of rotatable bonds is 5. The maximum absolute atomic E-state index is 12.3. The molecule has 2 amide bonds. The highest BCUT2D eigenvalue weighted by molar-refractivity contribution is 7.19. The lowest BCUT2D eigenvalue weighted by atomic mass is 10.2. The van der Waals surface area contributed by atoms with Crippen LogP contribution in [0.1, 0.15) is 25.8 Å². The van der Waals surface area contributed by atoms with Crippen LogP contribution in [-0.2, 0) is 9.53 Å². The van der Waals surface area contributed by atoms with Crippen molar-refractivity contribution in [2.75, 3.05) is 17.7 Å². The Bertz CT molecular complexity index is 1070. The first-order valence-corrected chi connectivity index (χ1v) is 10.1. The quantitative estimate of drug-likeness (QED) is 0.541. The molecule has 0 atom stereocenters. The first-order chi connectivity index (χ1) is 14.2. The van der Waals surface area contributed by atoms with E-state index in [0.717, 1.165) is 15.2 Å². The lowest BCUT2D eigenvalue weighted by Crippen LogP contribution is -2.27. The molecule has 0 bridgehead atoms. The Labute approximate surface area is 178 Å². The summed E-state index contributed by atoms with van der Waals surface area (Å²) in [5.41, 5.74) is 1.16. The fourth-order valence-corrected chi connectivity index (χ4v) is 3.46. The third-order valence-electron chi connectivity index (χ3n) is 3.79. The Balaban J connectivity index is 1.69. The molecule has 0 spiro atoms. The first kappa shape index (κ1) is 21.3. The van der Waals surface area contributed by atoms with Gasteiger partial charge >= 0.3 is 6.09 Å². The average Bonchev–Trinajstić information content (AvgIpc) is 3.08. The van der Waals surface area contributed by atoms with Gasteiger partial charge in [0.25, 0.3) is 0 Å². The number of anilines is 2. The van der Waals surface area contributed by atoms with Crippen molar-refractivity contribution in [2.45, 2.75) is 26.4 Å². The van der Waals surface area contributed by atoms with Gasteiger partial charge in [0.2, 0.25) is 5.91 Å². The topological polar surface area (TPSA) is 89.5 Å². The lowest BCUT2D eigenvalue weighted by Gasteiger charge is -2.20. The Morgan fingerprint density at radius 3 is 2.57 bits per heavy atom. The van der Waals surface area contributed by atoms with E-state index >= 15 is 0 Å². The number of carbonyl (C=O) groups is 2. The van der Waals surface area contributed by atoms with Crippen LogP contribution in [0.4, 0.5) is 16.2 Å². The number of ether oxygens (including phenoxy) is 2. The minimum atomic E-state index is -0.630. The summed E-state index contributed by atoms with van der Waals surface area (Å²) in [7, 11) is 1.49. The molecule has 8 heteroatoms. The molecule has 2 N–H and O–H groups in total. The van der Waals surface area contributed by atoms with E-state index in [1.165, 1.54) is 24.5 Å². The molecule has 3 rings (SSSR count). The highest BCUT2D eigenvalue weighted by atomic mass is 32.1. The number of hydrogen-bond acceptors (Lipinski definition) is 6. The van der Waals surface area contributed by atoms with E-state index in [-0.39, 0.29) is 5.91 Å². The molecule has 7 nitrogen and oxygen atoms in total. The molecule has 2 aromatic carbocycles. The van der Waals surface area contributed by atoms with Gasteiger partial charge < -0.3 is 14.8 Å². The Morgan fingerprint density at radius 2 is 1.87 bits per heavy atom. The van der Waals surface area contributed by atoms with Crippen molar-refractivity contribution < 1.29 is 19.1 Å². The summed E-state index contributed by atoms with van der Waals surface area (Å²) < 4.78 is 11.6. The van der Waals surface area contributed by atoms with Crippen LogP contribution in [-0.4, -0.2) is 29.7 Å². The van der Waals surface area contributed by atoms with Crippen LogP contribution in [0, 0.1) is 0 Å². The number of nitrogens with zero attached hydrogens (tertiary/aromatic N) is 1. The van der Waals surface area contributed by atoms with Crippen molar-refractivity contribution in [2.24, 2.45) is 0 Å². The zero-order valence-electron chi connectivity index (χ0n) is 17.2. The summed E-state index contributed by atoms with van der Waals surface area (Å²) >= 11 is 1.51. The van der Waals surface area contributed by atoms with Crippen LogP contribution >= 0.6 is 11.3 Å². The normalized spacial score (nSPS) is 11.5. The smallest absolute Gasteiger partial charge is 0.412 e. The number of aromatic nitrogens is 1. The molecule has 0 fully saturated rings. The molecule has 0 aliphatic rings. The third-order valence-corrected chi connectivity index (χ3v) is 4.79. The second kappa shape index (κ2) is 8.96. The standard InChI is InChI=1S/C22H23N3O4S/c1-22(2,3)29-21(27)25-16-13-14(9-10-17(16)28-4)23-19(26)11-12-20-24-15-7-5-6-8-18(15)30-20/h5-13H,1-4H3,(H,23,26)(H,25,27)/b12-11+. The van der Waals surface area contributed by atoms with E-state index in [9.17, 15) is 9.59 Å². The van der Waals surface area contributed by atoms with Crippen LogP contribution in [0.3, 0.4) is 0 Å². The predicted octanol–water partition coefficient (Wildman–Crippen LogP) is 5.30. The second-order valence-electron chi connectivity index (χ2n) is 7.38. The summed E-state index contributed by atoms with van der Waals surface area (Å²) in [6.07, 6.45) is 2.48. The second-order valence-corrected chi connectivity index (χ2v) is 8.45. The number of amides is 2. The molecule has 156 valence electrons. The minimum absolute atomic E-state index is 0.317. The number of carbonyl (C=O) groups excluding carboxylic acids is 2. The average molecular weight is 426 g/mol. The van der Waals surface area contributed by atoms with Crippen molar-refractivity contribution in [1.29, 1.82) is 0 Å². The van der Waals surface area contributed by atoms with Gasteiger partial charge in [-0.05, 0) is 57.2 Å². The zero-order valence-corrected chi connectivity index (χ0v) is 18.0. The lowest BCUT2D eigenvalue weighted by molar-refractivity contribution is -0.111. The number of fused-ring (bicyclic) bond motifs is 1. The minimum Gasteiger partial charge on any atom is -0.495 e. The van der Waals surface area contributed by atoms with E-state index in [2.05, 4.69) is 15.6 Å². The molecule has 0 unspecified atom stereocenters. The van der Waals surface area contributed by atoms with Gasteiger partial charge in [-0.15, -0.1) is 11.3 Å². The van der Waals surface area contributed by atoms with Gasteiger partial charge in [0.15, 0.2) is 0 Å². The number of para-hydroxylation sites is 1. The van der Waals surface area contributed by atoms with Gasteiger partial charge in [-0.1, -0.05) is 12.1 Å². The van der Waals surface area contributed by atoms with E-state index in [1.807, 2.05) is 24.3 Å². The maximum atomic E-state index is 12.3. The molecule has 0 radical (unpaired) electrons. The van der Waals surface area contributed by atoms with Crippen molar-refractivity contribution in [3.63, 3.8) is 0 Å². The third kappa shape index (κ3) is 5.81. The van der Waals surface area contributed by atoms with Crippen molar-refractivity contribution >= 4 is 51.0 Å². The van der Waals surface area contributed by atoms with E-state index in [4.69, 9.17) is 9.47 Å². The summed E-state index contributed by atoms with van der Waals surface area (Å²) in [5.74, 6) is 0.131. The largest absolute Gasteiger partial charge is 0.495 e. The number of hydrogen-bond donors (Lipinski definition) is 2. The Morgan fingerprint density at radius 1 is 1.10 bits per heavy atom. The molecule has 0 saturated carbocycles. The number of benzene rings is 2. The van der Waals surface area contributed by atoms with Crippen molar-refractivity contribution in [3.05, 3.63) is 53.5 Å². The van der Waals surface area contributed by atoms with Crippen LogP contribution in [0.2, 0.25) is 0 Å². The Kier molecular flexibility index (Phi) is 6.37. The van der Waals surface area contributed by atoms with Crippen LogP contribution < -0.4 is 15.4 Å². The monoisotopic (exact) mass is 425 g/mol. The summed E-state index contributed by atoms with van der Waals surface area (Å²) in [4.78, 5) is 28.8. The molecule has 30 heavy (non-hydrogen) atoms. The molecular formula is C22H23N3O4S. The van der Waals surface area contributed by atoms with Crippen LogP contribution in [0.15, 0.2) is 48.5 Å². The maximum Gasteiger partial charge on any atom is 0.412 e. The first-order valence-electron chi connectivity index (χ1n) is 9.26. The van der Waals surface area contributed by atoms with E-state index in [1.54, 1.807) is 45.0 Å². The van der Waals surface area contributed by atoms with Gasteiger partial charge in [-0.2, -0.15) is 0 Å². The Hall–Kier alpha value is -3.39. The fraction of sp³-hybridized carbons (Fsp3) is 0.227. The van der Waals surface area contributed by atoms with E-state index < -0.39 is 11.7 Å². The molecular weight excluding hydrogens is 402 g/mol. The molecule has 0 saturated heterocycles. The van der Waals surface area contributed by atoms with Gasteiger partial charge in [0.1, 0.15) is 16.4 Å². The summed E-state index contributed by atoms with van der Waals surface area (Å²) in [6, 6.07) is 12.7. The summed E-state index contributed by atoms with van der Waals surface area (Å²) in [6.45, 7) is 5.33. The zero-order chi connectivity index (χ0) is 21.7. The number of thiazole rings is 1. The number of nitrogens with one attached hydrogen (secondary N) is 2. The van der Waals surface area contributed by atoms with Crippen molar-refractivity contribution in [1.82, 2.24) is 4.98 Å². The van der Waals surface area contributed by atoms with Crippen molar-refractivity contribution in [3.8, 4) is 5.75 Å². The number of methoxy groups -OCH3 is 1. The fourth-order valence-electron chi connectivity index (χ4n) is 2.59. The van der Waals surface area contributed by atoms with Crippen LogP contribution in [0.25, 0.3) is 16.3 Å². The van der Waals surface area contributed by atoms with Gasteiger partial charge in [0, 0.05) is 11.8 Å². The van der Waals surface area contributed by atoms with Gasteiger partial charge in [-0.25, -0.2) is 9.78 Å². The van der Waals surface area contributed by atoms with E-state index in [0.29, 0.717) is 17.1 Å². The highest BCUT2D eigenvalue weighted by Gasteiger charge is 2.18. The highest BCUT2D eigenvalue weighted by Crippen LogP contribution is 2.28. The van der Waals surface area contributed by atoms with Crippen LogP contribution in [0.5, 0.6) is 5.75 Å². The molecule has 1 aromatic heterocycles. The molecule has 0 aliphatic carbocycles. The van der Waals surface area contributed by atoms with Gasteiger partial charge in [-0.3, -0.25) is 10.1 Å².